The van der Waals surface area contributed by atoms with Crippen LogP contribution < -0.4 is 0 Å². The van der Waals surface area contributed by atoms with Crippen molar-refractivity contribution in [2.75, 3.05) is 6.26 Å². The maximum Gasteiger partial charge on any atom is 0.340 e. The Bertz CT molecular complexity index is 990. The molecule has 0 bridgehead atoms. The van der Waals surface area contributed by atoms with E-state index in [0.29, 0.717) is 22.3 Å². The van der Waals surface area contributed by atoms with Gasteiger partial charge in [0.05, 0.1) is 10.5 Å². The van der Waals surface area contributed by atoms with Crippen LogP contribution in [0.1, 0.15) is 25.0 Å². The average molecular weight is 360 g/mol. The first-order valence-electron chi connectivity index (χ1n) is 7.64. The van der Waals surface area contributed by atoms with Gasteiger partial charge in [-0.05, 0) is 54.8 Å². The number of hydrogen-bond donors (Lipinski definition) is 0. The van der Waals surface area contributed by atoms with Crippen molar-refractivity contribution >= 4 is 21.4 Å². The van der Waals surface area contributed by atoms with Gasteiger partial charge in [0.15, 0.2) is 15.4 Å². The maximum atomic E-state index is 13.5. The predicted octanol–water partition coefficient (Wildman–Crippen LogP) is 3.47. The van der Waals surface area contributed by atoms with E-state index in [1.807, 2.05) is 0 Å². The molecule has 1 heterocycles. The Hall–Kier alpha value is -2.47. The molecule has 2 aromatic carbocycles. The zero-order valence-electron chi connectivity index (χ0n) is 14.0. The molecule has 6 heteroatoms. The fraction of sp³-hybridized carbons (Fsp3) is 0.211. The molecule has 4 nitrogen and oxygen atoms in total. The standard InChI is InChI=1S/C19H17FO4S/c1-12-17(13-5-4-6-15(20)11-13)18(21)24-19(12,2)14-7-9-16(10-8-14)25(3,22)23/h4-11H,1-3H3. The maximum absolute atomic E-state index is 13.5. The first-order valence-corrected chi connectivity index (χ1v) is 9.53. The lowest BCUT2D eigenvalue weighted by molar-refractivity contribution is -0.144. The molecular formula is C19H17FO4S. The third-order valence-corrected chi connectivity index (χ3v) is 5.67. The quantitative estimate of drug-likeness (QED) is 0.787. The summed E-state index contributed by atoms with van der Waals surface area (Å²) in [4.78, 5) is 12.6. The highest BCUT2D eigenvalue weighted by atomic mass is 32.2. The van der Waals surface area contributed by atoms with Gasteiger partial charge in [-0.2, -0.15) is 0 Å². The Labute approximate surface area is 145 Å². The Morgan fingerprint density at radius 3 is 2.28 bits per heavy atom. The lowest BCUT2D eigenvalue weighted by Crippen LogP contribution is -2.24. The first-order chi connectivity index (χ1) is 11.6. The van der Waals surface area contributed by atoms with Crippen LogP contribution in [0.5, 0.6) is 0 Å². The van der Waals surface area contributed by atoms with Crippen molar-refractivity contribution < 1.29 is 22.3 Å². The minimum absolute atomic E-state index is 0.191. The van der Waals surface area contributed by atoms with Crippen LogP contribution >= 0.6 is 0 Å². The lowest BCUT2D eigenvalue weighted by Gasteiger charge is -2.25. The number of halogens is 1. The zero-order valence-corrected chi connectivity index (χ0v) is 14.9. The molecule has 0 fully saturated rings. The topological polar surface area (TPSA) is 60.4 Å². The molecule has 1 atom stereocenters. The molecule has 130 valence electrons. The Balaban J connectivity index is 2.09. The molecule has 0 saturated heterocycles. The van der Waals surface area contributed by atoms with E-state index in [1.54, 1.807) is 32.0 Å². The minimum Gasteiger partial charge on any atom is -0.446 e. The molecular weight excluding hydrogens is 343 g/mol. The van der Waals surface area contributed by atoms with E-state index in [0.717, 1.165) is 6.26 Å². The second-order valence-corrected chi connectivity index (χ2v) is 8.25. The van der Waals surface area contributed by atoms with E-state index >= 15 is 0 Å². The Morgan fingerprint density at radius 1 is 1.08 bits per heavy atom. The van der Waals surface area contributed by atoms with Crippen molar-refractivity contribution in [2.24, 2.45) is 0 Å². The van der Waals surface area contributed by atoms with E-state index in [4.69, 9.17) is 4.74 Å². The lowest BCUT2D eigenvalue weighted by atomic mass is 9.86. The molecule has 1 unspecified atom stereocenters. The van der Waals surface area contributed by atoms with Gasteiger partial charge in [0.25, 0.3) is 0 Å². The number of esters is 1. The highest BCUT2D eigenvalue weighted by Crippen LogP contribution is 2.44. The molecule has 0 N–H and O–H groups in total. The molecule has 3 rings (SSSR count). The number of cyclic esters (lactones) is 1. The summed E-state index contributed by atoms with van der Waals surface area (Å²) in [5.74, 6) is -0.963. The number of hydrogen-bond acceptors (Lipinski definition) is 4. The second kappa shape index (κ2) is 5.81. The summed E-state index contributed by atoms with van der Waals surface area (Å²) in [6.45, 7) is 3.50. The third-order valence-electron chi connectivity index (χ3n) is 4.54. The smallest absolute Gasteiger partial charge is 0.340 e. The highest BCUT2D eigenvalue weighted by Gasteiger charge is 2.43. The fourth-order valence-electron chi connectivity index (χ4n) is 2.98. The number of rotatable bonds is 3. The van der Waals surface area contributed by atoms with Crippen molar-refractivity contribution in [1.82, 2.24) is 0 Å². The van der Waals surface area contributed by atoms with Crippen LogP contribution in [0.4, 0.5) is 4.39 Å². The van der Waals surface area contributed by atoms with Gasteiger partial charge in [-0.1, -0.05) is 24.3 Å². The minimum atomic E-state index is -3.31. The van der Waals surface area contributed by atoms with Crippen LogP contribution in [0.25, 0.3) is 5.57 Å². The molecule has 2 aromatic rings. The van der Waals surface area contributed by atoms with Gasteiger partial charge in [-0.15, -0.1) is 0 Å². The van der Waals surface area contributed by atoms with Crippen LogP contribution in [0.3, 0.4) is 0 Å². The summed E-state index contributed by atoms with van der Waals surface area (Å²) in [5.41, 5.74) is 1.05. The van der Waals surface area contributed by atoms with Crippen molar-refractivity contribution in [3.8, 4) is 0 Å². The van der Waals surface area contributed by atoms with Gasteiger partial charge in [-0.3, -0.25) is 0 Å². The summed E-state index contributed by atoms with van der Waals surface area (Å²) in [7, 11) is -3.31. The van der Waals surface area contributed by atoms with Crippen LogP contribution in [0.2, 0.25) is 0 Å². The summed E-state index contributed by atoms with van der Waals surface area (Å²) in [6, 6.07) is 12.0. The molecule has 0 aromatic heterocycles. The molecule has 0 amide bonds. The largest absolute Gasteiger partial charge is 0.446 e. The van der Waals surface area contributed by atoms with Gasteiger partial charge in [0.2, 0.25) is 0 Å². The van der Waals surface area contributed by atoms with Gasteiger partial charge in [0.1, 0.15) is 5.82 Å². The van der Waals surface area contributed by atoms with E-state index < -0.39 is 27.2 Å². The highest BCUT2D eigenvalue weighted by molar-refractivity contribution is 7.90. The number of ether oxygens (including phenoxy) is 1. The van der Waals surface area contributed by atoms with Crippen LogP contribution in [0.15, 0.2) is 59.0 Å². The normalized spacial score (nSPS) is 20.7. The third kappa shape index (κ3) is 2.98. The Morgan fingerprint density at radius 2 is 1.72 bits per heavy atom. The zero-order chi connectivity index (χ0) is 18.4. The Kier molecular flexibility index (Phi) is 4.03. The van der Waals surface area contributed by atoms with Crippen LogP contribution in [-0.2, 0) is 25.0 Å². The molecule has 0 spiro atoms. The average Bonchev–Trinajstić information content (AvgIpc) is 2.77. The van der Waals surface area contributed by atoms with Crippen molar-refractivity contribution in [2.45, 2.75) is 24.3 Å². The molecule has 0 radical (unpaired) electrons. The summed E-state index contributed by atoms with van der Waals surface area (Å²) in [6.07, 6.45) is 1.13. The number of carbonyl (C=O) groups is 1. The van der Waals surface area contributed by atoms with E-state index in [9.17, 15) is 17.6 Å². The van der Waals surface area contributed by atoms with Gasteiger partial charge < -0.3 is 4.74 Å². The van der Waals surface area contributed by atoms with E-state index in [1.165, 1.54) is 30.3 Å². The molecule has 1 aliphatic heterocycles. The monoisotopic (exact) mass is 360 g/mol. The predicted molar refractivity (Wildman–Crippen MR) is 92.0 cm³/mol. The molecule has 0 aliphatic carbocycles. The number of sulfone groups is 1. The van der Waals surface area contributed by atoms with Crippen LogP contribution in [0, 0.1) is 5.82 Å². The fourth-order valence-corrected chi connectivity index (χ4v) is 3.61. The second-order valence-electron chi connectivity index (χ2n) is 6.23. The van der Waals surface area contributed by atoms with E-state index in [2.05, 4.69) is 0 Å². The van der Waals surface area contributed by atoms with Crippen molar-refractivity contribution in [1.29, 1.82) is 0 Å². The SMILES string of the molecule is CC1=C(c2cccc(F)c2)C(=O)OC1(C)c1ccc(S(C)(=O)=O)cc1. The van der Waals surface area contributed by atoms with Crippen molar-refractivity contribution in [3.05, 3.63) is 71.0 Å². The van der Waals surface area contributed by atoms with Gasteiger partial charge in [-0.25, -0.2) is 17.6 Å². The number of carbonyl (C=O) groups excluding carboxylic acids is 1. The molecule has 1 aliphatic rings. The summed E-state index contributed by atoms with van der Waals surface area (Å²) < 4.78 is 42.3. The molecule has 25 heavy (non-hydrogen) atoms. The number of benzene rings is 2. The van der Waals surface area contributed by atoms with Gasteiger partial charge in [0, 0.05) is 6.26 Å². The van der Waals surface area contributed by atoms with Crippen molar-refractivity contribution in [3.63, 3.8) is 0 Å². The summed E-state index contributed by atoms with van der Waals surface area (Å²) >= 11 is 0. The van der Waals surface area contributed by atoms with Gasteiger partial charge >= 0.3 is 5.97 Å². The first kappa shape index (κ1) is 17.4. The van der Waals surface area contributed by atoms with E-state index in [-0.39, 0.29) is 4.90 Å². The van der Waals surface area contributed by atoms with Crippen LogP contribution in [-0.4, -0.2) is 20.6 Å². The molecule has 0 saturated carbocycles. The summed E-state index contributed by atoms with van der Waals surface area (Å²) in [5, 5.41) is 0.